The zero-order chi connectivity index (χ0) is 21.5. The van der Waals surface area contributed by atoms with E-state index in [0.717, 1.165) is 0 Å². The van der Waals surface area contributed by atoms with E-state index in [1.807, 2.05) is 6.92 Å². The lowest BCUT2D eigenvalue weighted by molar-refractivity contribution is -0.128. The predicted molar refractivity (Wildman–Crippen MR) is 105 cm³/mol. The Kier molecular flexibility index (Phi) is 6.63. The first-order valence-electron chi connectivity index (χ1n) is 9.18. The van der Waals surface area contributed by atoms with E-state index in [9.17, 15) is 14.0 Å². The number of hydrazine groups is 1. The number of halogens is 1. The number of benzene rings is 2. The summed E-state index contributed by atoms with van der Waals surface area (Å²) < 4.78 is 29.1. The molecular weight excluding hydrogens is 393 g/mol. The topological polar surface area (TPSA) is 103 Å². The number of nitrogens with one attached hydrogen (secondary N) is 2. The first kappa shape index (κ1) is 20.8. The van der Waals surface area contributed by atoms with E-state index >= 15 is 0 Å². The minimum Gasteiger partial charge on any atom is -0.494 e. The van der Waals surface area contributed by atoms with Crippen LogP contribution >= 0.6 is 0 Å². The molecule has 0 fully saturated rings. The molecule has 0 saturated heterocycles. The Balaban J connectivity index is 1.52. The third kappa shape index (κ3) is 5.34. The van der Waals surface area contributed by atoms with Crippen molar-refractivity contribution in [2.24, 2.45) is 0 Å². The molecule has 1 aromatic heterocycles. The van der Waals surface area contributed by atoms with Crippen LogP contribution in [0.2, 0.25) is 0 Å². The number of aromatic nitrogens is 1. The summed E-state index contributed by atoms with van der Waals surface area (Å²) in [6, 6.07) is 13.9. The van der Waals surface area contributed by atoms with Gasteiger partial charge < -0.3 is 14.0 Å². The smallest absolute Gasteiger partial charge is 0.308 e. The second kappa shape index (κ2) is 9.55. The maximum absolute atomic E-state index is 13.3. The van der Waals surface area contributed by atoms with Crippen molar-refractivity contribution in [2.45, 2.75) is 20.0 Å². The Morgan fingerprint density at radius 2 is 1.83 bits per heavy atom. The molecule has 30 heavy (non-hydrogen) atoms. The van der Waals surface area contributed by atoms with Crippen molar-refractivity contribution in [1.29, 1.82) is 0 Å². The van der Waals surface area contributed by atoms with Gasteiger partial charge in [-0.1, -0.05) is 17.3 Å². The van der Waals surface area contributed by atoms with Crippen LogP contribution in [-0.4, -0.2) is 29.7 Å². The van der Waals surface area contributed by atoms with E-state index in [1.165, 1.54) is 31.2 Å². The molecule has 0 bridgehead atoms. The van der Waals surface area contributed by atoms with Crippen LogP contribution in [0, 0.1) is 5.82 Å². The number of hydrogen-bond acceptors (Lipinski definition) is 6. The molecule has 0 saturated carbocycles. The Morgan fingerprint density at radius 1 is 1.10 bits per heavy atom. The lowest BCUT2D eigenvalue weighted by Crippen LogP contribution is -2.47. The highest BCUT2D eigenvalue weighted by Gasteiger charge is 2.18. The Bertz CT molecular complexity index is 1020. The molecule has 2 aromatic carbocycles. The van der Waals surface area contributed by atoms with Gasteiger partial charge in [-0.05, 0) is 50.2 Å². The minimum atomic E-state index is -0.874. The molecule has 0 spiro atoms. The van der Waals surface area contributed by atoms with Crippen LogP contribution < -0.4 is 20.3 Å². The fraction of sp³-hybridized carbons (Fsp3) is 0.190. The Labute approximate surface area is 171 Å². The maximum Gasteiger partial charge on any atom is 0.308 e. The fourth-order valence-corrected chi connectivity index (χ4v) is 2.49. The summed E-state index contributed by atoms with van der Waals surface area (Å²) >= 11 is 0. The first-order chi connectivity index (χ1) is 14.5. The van der Waals surface area contributed by atoms with Crippen LogP contribution in [0.3, 0.4) is 0 Å². The summed E-state index contributed by atoms with van der Waals surface area (Å²) in [5, 5.41) is 3.74. The number of amides is 2. The van der Waals surface area contributed by atoms with Crippen LogP contribution in [-0.2, 0) is 4.79 Å². The number of carbonyl (C=O) groups excluding carboxylic acids is 2. The van der Waals surface area contributed by atoms with Gasteiger partial charge in [0.05, 0.1) is 6.61 Å². The molecule has 8 nitrogen and oxygen atoms in total. The van der Waals surface area contributed by atoms with E-state index in [0.29, 0.717) is 23.7 Å². The highest BCUT2D eigenvalue weighted by atomic mass is 19.1. The van der Waals surface area contributed by atoms with E-state index < -0.39 is 23.7 Å². The van der Waals surface area contributed by atoms with Crippen LogP contribution in [0.15, 0.2) is 59.1 Å². The molecule has 9 heteroatoms. The van der Waals surface area contributed by atoms with Gasteiger partial charge in [-0.3, -0.25) is 20.4 Å². The predicted octanol–water partition coefficient (Wildman–Crippen LogP) is 3.11. The van der Waals surface area contributed by atoms with E-state index in [4.69, 9.17) is 14.0 Å². The van der Waals surface area contributed by atoms with Crippen molar-refractivity contribution in [1.82, 2.24) is 16.0 Å². The molecule has 156 valence electrons. The fourth-order valence-electron chi connectivity index (χ4n) is 2.49. The zero-order valence-electron chi connectivity index (χ0n) is 16.3. The third-order valence-corrected chi connectivity index (χ3v) is 3.97. The number of ether oxygens (including phenoxy) is 2. The lowest BCUT2D eigenvalue weighted by atomic mass is 10.1. The van der Waals surface area contributed by atoms with Gasteiger partial charge in [0.1, 0.15) is 23.0 Å². The molecule has 1 atom stereocenters. The van der Waals surface area contributed by atoms with Crippen molar-refractivity contribution < 1.29 is 28.0 Å². The second-order valence-electron chi connectivity index (χ2n) is 6.19. The number of nitrogens with zero attached hydrogens (tertiary/aromatic N) is 1. The quantitative estimate of drug-likeness (QED) is 0.577. The molecule has 2 amide bonds. The van der Waals surface area contributed by atoms with Crippen molar-refractivity contribution in [2.75, 3.05) is 6.61 Å². The zero-order valence-corrected chi connectivity index (χ0v) is 16.3. The van der Waals surface area contributed by atoms with Crippen LogP contribution in [0.25, 0.3) is 11.3 Å². The Hall–Kier alpha value is -3.88. The van der Waals surface area contributed by atoms with Gasteiger partial charge in [-0.15, -0.1) is 0 Å². The van der Waals surface area contributed by atoms with Crippen LogP contribution in [0.4, 0.5) is 4.39 Å². The van der Waals surface area contributed by atoms with Crippen molar-refractivity contribution >= 4 is 11.8 Å². The van der Waals surface area contributed by atoms with Crippen molar-refractivity contribution in [3.8, 4) is 22.8 Å². The van der Waals surface area contributed by atoms with Gasteiger partial charge in [0, 0.05) is 11.6 Å². The van der Waals surface area contributed by atoms with Gasteiger partial charge >= 0.3 is 5.91 Å². The van der Waals surface area contributed by atoms with Crippen molar-refractivity contribution in [3.63, 3.8) is 0 Å². The minimum absolute atomic E-state index is 0.144. The molecule has 0 radical (unpaired) electrons. The number of hydrogen-bond donors (Lipinski definition) is 2. The van der Waals surface area contributed by atoms with E-state index in [1.54, 1.807) is 30.3 Å². The molecule has 0 aliphatic heterocycles. The summed E-state index contributed by atoms with van der Waals surface area (Å²) in [7, 11) is 0. The van der Waals surface area contributed by atoms with Gasteiger partial charge in [0.15, 0.2) is 6.10 Å². The monoisotopic (exact) mass is 413 g/mol. The normalized spacial score (nSPS) is 11.4. The lowest BCUT2D eigenvalue weighted by Gasteiger charge is -2.15. The highest BCUT2D eigenvalue weighted by molar-refractivity contribution is 5.94. The average Bonchev–Trinajstić information content (AvgIpc) is 3.24. The van der Waals surface area contributed by atoms with Gasteiger partial charge in [0.2, 0.25) is 5.76 Å². The standard InChI is InChI=1S/C21H20FN3O5/c1-3-28-16-7-9-17(10-8-16)29-13(2)20(26)23-24-21(27)19-12-18(25-30-19)14-5-4-6-15(22)11-14/h4-13H,3H2,1-2H3,(H,23,26)(H,24,27). The largest absolute Gasteiger partial charge is 0.494 e. The molecule has 1 unspecified atom stereocenters. The average molecular weight is 413 g/mol. The van der Waals surface area contributed by atoms with Crippen LogP contribution in [0.5, 0.6) is 11.5 Å². The summed E-state index contributed by atoms with van der Waals surface area (Å²) in [6.07, 6.45) is -0.874. The Morgan fingerprint density at radius 3 is 2.53 bits per heavy atom. The molecule has 0 aliphatic carbocycles. The molecular formula is C21H20FN3O5. The van der Waals surface area contributed by atoms with Crippen molar-refractivity contribution in [3.05, 3.63) is 66.2 Å². The highest BCUT2D eigenvalue weighted by Crippen LogP contribution is 2.20. The summed E-state index contributed by atoms with van der Waals surface area (Å²) in [4.78, 5) is 24.3. The second-order valence-corrected chi connectivity index (χ2v) is 6.19. The first-order valence-corrected chi connectivity index (χ1v) is 9.18. The van der Waals surface area contributed by atoms with Gasteiger partial charge in [-0.2, -0.15) is 0 Å². The van der Waals surface area contributed by atoms with E-state index in [2.05, 4.69) is 16.0 Å². The maximum atomic E-state index is 13.3. The summed E-state index contributed by atoms with van der Waals surface area (Å²) in [5.41, 5.74) is 5.22. The van der Waals surface area contributed by atoms with Gasteiger partial charge in [0.25, 0.3) is 5.91 Å². The number of carbonyl (C=O) groups is 2. The molecule has 3 rings (SSSR count). The van der Waals surface area contributed by atoms with Crippen LogP contribution in [0.1, 0.15) is 24.4 Å². The molecule has 3 aromatic rings. The third-order valence-electron chi connectivity index (χ3n) is 3.97. The molecule has 0 aliphatic rings. The van der Waals surface area contributed by atoms with E-state index in [-0.39, 0.29) is 11.5 Å². The summed E-state index contributed by atoms with van der Waals surface area (Å²) in [6.45, 7) is 3.97. The van der Waals surface area contributed by atoms with Gasteiger partial charge in [-0.25, -0.2) is 4.39 Å². The SMILES string of the molecule is CCOc1ccc(OC(C)C(=O)NNC(=O)c2cc(-c3cccc(F)c3)no2)cc1. The summed E-state index contributed by atoms with van der Waals surface area (Å²) in [5.74, 6) is -0.694. The molecule has 2 N–H and O–H groups in total. The number of rotatable bonds is 7. The molecule has 1 heterocycles.